The van der Waals surface area contributed by atoms with Gasteiger partial charge in [-0.15, -0.1) is 0 Å². The quantitative estimate of drug-likeness (QED) is 0.822. The van der Waals surface area contributed by atoms with E-state index in [-0.39, 0.29) is 18.5 Å². The molecule has 2 atom stereocenters. The molecule has 0 aromatic heterocycles. The lowest BCUT2D eigenvalue weighted by molar-refractivity contribution is -0.143. The smallest absolute Gasteiger partial charge is 0.321 e. The summed E-state index contributed by atoms with van der Waals surface area (Å²) in [5, 5.41) is 12.0. The fourth-order valence-electron chi connectivity index (χ4n) is 2.95. The van der Waals surface area contributed by atoms with Gasteiger partial charge in [-0.1, -0.05) is 20.8 Å². The van der Waals surface area contributed by atoms with E-state index in [1.165, 1.54) is 0 Å². The molecule has 1 aromatic rings. The number of anilines is 1. The number of rotatable bonds is 6. The molecule has 6 nitrogen and oxygen atoms in total. The second-order valence-corrected chi connectivity index (χ2v) is 7.27. The summed E-state index contributed by atoms with van der Waals surface area (Å²) < 4.78 is 5.66. The maximum Gasteiger partial charge on any atom is 0.321 e. The first kappa shape index (κ1) is 19.1. The van der Waals surface area contributed by atoms with Crippen LogP contribution >= 0.6 is 0 Å². The summed E-state index contributed by atoms with van der Waals surface area (Å²) in [5.41, 5.74) is 0.673. The van der Waals surface area contributed by atoms with Gasteiger partial charge >= 0.3 is 12.0 Å². The third kappa shape index (κ3) is 5.96. The summed E-state index contributed by atoms with van der Waals surface area (Å²) in [6.45, 7) is 7.77. The van der Waals surface area contributed by atoms with Crippen molar-refractivity contribution < 1.29 is 19.4 Å². The highest BCUT2D eigenvalue weighted by atomic mass is 16.5. The van der Waals surface area contributed by atoms with Crippen LogP contribution in [0.1, 0.15) is 33.6 Å². The third-order valence-electron chi connectivity index (χ3n) is 4.37. The van der Waals surface area contributed by atoms with E-state index >= 15 is 0 Å². The van der Waals surface area contributed by atoms with Gasteiger partial charge in [0, 0.05) is 18.8 Å². The molecule has 6 heteroatoms. The number of nitrogens with one attached hydrogen (secondary N) is 1. The van der Waals surface area contributed by atoms with Gasteiger partial charge < -0.3 is 20.1 Å². The Morgan fingerprint density at radius 2 is 1.96 bits per heavy atom. The summed E-state index contributed by atoms with van der Waals surface area (Å²) in [6.07, 6.45) is 1.61. The van der Waals surface area contributed by atoms with Gasteiger partial charge in [-0.2, -0.15) is 0 Å². The average Bonchev–Trinajstić information content (AvgIpc) is 2.55. The number of hydrogen-bond acceptors (Lipinski definition) is 3. The van der Waals surface area contributed by atoms with Crippen LogP contribution in [-0.2, 0) is 4.79 Å². The topological polar surface area (TPSA) is 78.9 Å². The van der Waals surface area contributed by atoms with E-state index in [1.807, 2.05) is 19.1 Å². The number of aliphatic carboxylic acids is 1. The van der Waals surface area contributed by atoms with Crippen molar-refractivity contribution in [1.82, 2.24) is 4.90 Å². The summed E-state index contributed by atoms with van der Waals surface area (Å²) in [4.78, 5) is 25.2. The molecule has 0 bridgehead atoms. The molecule has 25 heavy (non-hydrogen) atoms. The van der Waals surface area contributed by atoms with E-state index in [0.29, 0.717) is 31.2 Å². The van der Waals surface area contributed by atoms with E-state index in [0.717, 1.165) is 12.2 Å². The van der Waals surface area contributed by atoms with Gasteiger partial charge in [-0.25, -0.2) is 4.79 Å². The molecule has 1 saturated heterocycles. The first-order valence-corrected chi connectivity index (χ1v) is 8.86. The number of carbonyl (C=O) groups excluding carboxylic acids is 1. The minimum atomic E-state index is -0.841. The Kier molecular flexibility index (Phi) is 6.67. The number of benzene rings is 1. The van der Waals surface area contributed by atoms with Crippen LogP contribution in [0.15, 0.2) is 24.3 Å². The lowest BCUT2D eigenvalue weighted by atomic mass is 9.91. The van der Waals surface area contributed by atoms with Gasteiger partial charge in [0.1, 0.15) is 5.75 Å². The molecule has 2 rings (SSSR count). The number of carbonyl (C=O) groups is 2. The van der Waals surface area contributed by atoms with E-state index in [4.69, 9.17) is 4.74 Å². The molecular formula is C19H28N2O4. The number of nitrogens with zero attached hydrogens (tertiary/aromatic N) is 1. The Hall–Kier alpha value is -2.24. The molecule has 0 radical (unpaired) electrons. The van der Waals surface area contributed by atoms with Crippen molar-refractivity contribution in [2.24, 2.45) is 17.8 Å². The Labute approximate surface area is 149 Å². The zero-order valence-corrected chi connectivity index (χ0v) is 15.2. The largest absolute Gasteiger partial charge is 0.494 e. The third-order valence-corrected chi connectivity index (χ3v) is 4.37. The summed E-state index contributed by atoms with van der Waals surface area (Å²) in [6, 6.07) is 6.99. The molecular weight excluding hydrogens is 320 g/mol. The van der Waals surface area contributed by atoms with Crippen LogP contribution in [0.5, 0.6) is 5.75 Å². The highest BCUT2D eigenvalue weighted by Crippen LogP contribution is 2.23. The second-order valence-electron chi connectivity index (χ2n) is 7.27. The monoisotopic (exact) mass is 348 g/mol. The van der Waals surface area contributed by atoms with Crippen LogP contribution in [-0.4, -0.2) is 41.7 Å². The first-order chi connectivity index (χ1) is 11.8. The fraction of sp³-hybridized carbons (Fsp3) is 0.579. The molecule has 0 spiro atoms. The normalized spacial score (nSPS) is 20.4. The molecule has 1 aromatic carbocycles. The molecule has 1 fully saturated rings. The summed E-state index contributed by atoms with van der Waals surface area (Å²) >= 11 is 0. The number of carboxylic acid groups (broad SMARTS) is 1. The lowest BCUT2D eigenvalue weighted by Gasteiger charge is -2.34. The number of urea groups is 1. The zero-order valence-electron chi connectivity index (χ0n) is 15.2. The Morgan fingerprint density at radius 3 is 2.56 bits per heavy atom. The number of ether oxygens (including phenoxy) is 1. The van der Waals surface area contributed by atoms with E-state index in [9.17, 15) is 14.7 Å². The molecule has 0 saturated carbocycles. The predicted molar refractivity (Wildman–Crippen MR) is 96.9 cm³/mol. The van der Waals surface area contributed by atoms with E-state index in [2.05, 4.69) is 19.2 Å². The number of piperidine rings is 1. The van der Waals surface area contributed by atoms with Crippen molar-refractivity contribution in [3.05, 3.63) is 24.3 Å². The van der Waals surface area contributed by atoms with Gasteiger partial charge in [-0.3, -0.25) is 4.79 Å². The Bertz CT molecular complexity index is 586. The van der Waals surface area contributed by atoms with Crippen molar-refractivity contribution in [2.75, 3.05) is 25.0 Å². The zero-order chi connectivity index (χ0) is 18.4. The number of amides is 2. The maximum atomic E-state index is 12.4. The van der Waals surface area contributed by atoms with Crippen molar-refractivity contribution in [3.8, 4) is 5.75 Å². The molecule has 1 aliphatic heterocycles. The van der Waals surface area contributed by atoms with Gasteiger partial charge in [0.05, 0.1) is 12.5 Å². The van der Waals surface area contributed by atoms with Crippen molar-refractivity contribution in [2.45, 2.75) is 33.6 Å². The second kappa shape index (κ2) is 8.74. The van der Waals surface area contributed by atoms with Crippen LogP contribution in [0.4, 0.5) is 10.5 Å². The van der Waals surface area contributed by atoms with Crippen LogP contribution < -0.4 is 10.1 Å². The van der Waals surface area contributed by atoms with Crippen molar-refractivity contribution in [3.63, 3.8) is 0 Å². The lowest BCUT2D eigenvalue weighted by Crippen LogP contribution is -2.47. The molecule has 2 N–H and O–H groups in total. The van der Waals surface area contributed by atoms with Crippen molar-refractivity contribution in [1.29, 1.82) is 0 Å². The molecule has 2 amide bonds. The Morgan fingerprint density at radius 1 is 1.28 bits per heavy atom. The number of carboxylic acids is 1. The minimum absolute atomic E-state index is 0.178. The van der Waals surface area contributed by atoms with Gasteiger partial charge in [0.25, 0.3) is 0 Å². The van der Waals surface area contributed by atoms with Gasteiger partial charge in [0.15, 0.2) is 0 Å². The molecule has 138 valence electrons. The van der Waals surface area contributed by atoms with E-state index < -0.39 is 11.9 Å². The van der Waals surface area contributed by atoms with E-state index in [1.54, 1.807) is 17.0 Å². The predicted octanol–water partition coefficient (Wildman–Crippen LogP) is 3.69. The minimum Gasteiger partial charge on any atom is -0.494 e. The Balaban J connectivity index is 1.88. The van der Waals surface area contributed by atoms with Crippen LogP contribution in [0.2, 0.25) is 0 Å². The van der Waals surface area contributed by atoms with Crippen LogP contribution in [0, 0.1) is 17.8 Å². The highest BCUT2D eigenvalue weighted by Gasteiger charge is 2.31. The highest BCUT2D eigenvalue weighted by molar-refractivity contribution is 5.89. The first-order valence-electron chi connectivity index (χ1n) is 8.86. The summed E-state index contributed by atoms with van der Waals surface area (Å²) in [5.74, 6) is 0.215. The van der Waals surface area contributed by atoms with Crippen LogP contribution in [0.25, 0.3) is 0 Å². The number of hydrogen-bond donors (Lipinski definition) is 2. The van der Waals surface area contributed by atoms with Gasteiger partial charge in [-0.05, 0) is 48.9 Å². The molecule has 1 heterocycles. The standard InChI is InChI=1S/C19H28N2O4/c1-13(2)8-9-25-17-6-4-16(5-7-17)20-19(24)21-11-14(3)10-15(12-21)18(22)23/h4-7,13-15H,8-12H2,1-3H3,(H,20,24)(H,22,23). The summed E-state index contributed by atoms with van der Waals surface area (Å²) in [7, 11) is 0. The number of likely N-dealkylation sites (tertiary alicyclic amines) is 1. The van der Waals surface area contributed by atoms with Crippen molar-refractivity contribution >= 4 is 17.7 Å². The molecule has 0 aliphatic carbocycles. The SMILES string of the molecule is CC(C)CCOc1ccc(NC(=O)N2CC(C)CC(C(=O)O)C2)cc1. The average molecular weight is 348 g/mol. The molecule has 2 unspecified atom stereocenters. The van der Waals surface area contributed by atoms with Crippen LogP contribution in [0.3, 0.4) is 0 Å². The molecule has 1 aliphatic rings. The maximum absolute atomic E-state index is 12.4. The van der Waals surface area contributed by atoms with Gasteiger partial charge in [0.2, 0.25) is 0 Å². The fourth-order valence-corrected chi connectivity index (χ4v) is 2.95.